The highest BCUT2D eigenvalue weighted by Crippen LogP contribution is 2.25. The van der Waals surface area contributed by atoms with E-state index in [4.69, 9.17) is 0 Å². The first-order chi connectivity index (χ1) is 13.2. The first-order valence-electron chi connectivity index (χ1n) is 8.10. The lowest BCUT2D eigenvalue weighted by Gasteiger charge is -2.05. The van der Waals surface area contributed by atoms with E-state index >= 15 is 0 Å². The summed E-state index contributed by atoms with van der Waals surface area (Å²) in [7, 11) is -3.79. The Hall–Kier alpha value is -3.53. The molecule has 0 aliphatic heterocycles. The van der Waals surface area contributed by atoms with Crippen molar-refractivity contribution < 1.29 is 18.1 Å². The monoisotopic (exact) mass is 400 g/mol. The van der Waals surface area contributed by atoms with Crippen LogP contribution in [0.4, 0.5) is 11.4 Å². The van der Waals surface area contributed by atoms with E-state index in [1.807, 2.05) is 30.3 Å². The van der Waals surface area contributed by atoms with E-state index in [0.717, 1.165) is 24.0 Å². The summed E-state index contributed by atoms with van der Waals surface area (Å²) in [5.41, 5.74) is 0.774. The Labute approximate surface area is 160 Å². The summed E-state index contributed by atoms with van der Waals surface area (Å²) in [5, 5.41) is 17.9. The van der Waals surface area contributed by atoms with Crippen LogP contribution in [0.15, 0.2) is 65.8 Å². The maximum atomic E-state index is 12.4. The Morgan fingerprint density at radius 3 is 2.57 bits per heavy atom. The molecule has 10 heteroatoms. The smallest absolute Gasteiger partial charge is 0.288 e. The number of nitro groups is 1. The van der Waals surface area contributed by atoms with E-state index in [9.17, 15) is 23.3 Å². The molecule has 0 saturated heterocycles. The van der Waals surface area contributed by atoms with Crippen molar-refractivity contribution in [2.24, 2.45) is 0 Å². The normalized spacial score (nSPS) is 11.2. The zero-order valence-electron chi connectivity index (χ0n) is 14.8. The topological polar surface area (TPSA) is 124 Å². The van der Waals surface area contributed by atoms with E-state index in [-0.39, 0.29) is 5.56 Å². The fraction of sp³-hybridized carbons (Fsp3) is 0.111. The molecule has 0 bridgehead atoms. The van der Waals surface area contributed by atoms with Crippen molar-refractivity contribution in [3.63, 3.8) is 0 Å². The first kappa shape index (κ1) is 19.2. The minimum atomic E-state index is -3.79. The van der Waals surface area contributed by atoms with Gasteiger partial charge in [0.25, 0.3) is 11.6 Å². The minimum absolute atomic E-state index is 0.0325. The lowest BCUT2D eigenvalue weighted by atomic mass is 10.2. The third-order valence-corrected chi connectivity index (χ3v) is 5.04. The number of nitrogens with one attached hydrogen (secondary N) is 1. The lowest BCUT2D eigenvalue weighted by Crippen LogP contribution is -2.13. The zero-order valence-corrected chi connectivity index (χ0v) is 15.6. The average Bonchev–Trinajstić information content (AvgIpc) is 3.08. The van der Waals surface area contributed by atoms with Crippen LogP contribution < -0.4 is 5.32 Å². The molecule has 1 aromatic heterocycles. The number of sulfone groups is 1. The number of benzene rings is 2. The Kier molecular flexibility index (Phi) is 5.23. The summed E-state index contributed by atoms with van der Waals surface area (Å²) in [6.45, 7) is 0.519. The summed E-state index contributed by atoms with van der Waals surface area (Å²) >= 11 is 0. The number of aromatic nitrogens is 2. The molecule has 0 atom stereocenters. The highest BCUT2D eigenvalue weighted by molar-refractivity contribution is 7.90. The number of anilines is 1. The summed E-state index contributed by atoms with van der Waals surface area (Å²) in [6.07, 6.45) is 3.96. The molecule has 0 aliphatic rings. The first-order valence-corrected chi connectivity index (χ1v) is 9.99. The molecule has 144 valence electrons. The van der Waals surface area contributed by atoms with E-state index < -0.39 is 31.3 Å². The van der Waals surface area contributed by atoms with Gasteiger partial charge >= 0.3 is 0 Å². The molecule has 3 rings (SSSR count). The summed E-state index contributed by atoms with van der Waals surface area (Å²) < 4.78 is 25.0. The van der Waals surface area contributed by atoms with Crippen LogP contribution in [0.25, 0.3) is 0 Å². The molecule has 28 heavy (non-hydrogen) atoms. The number of carbonyl (C=O) groups excluding carboxylic acids is 1. The van der Waals surface area contributed by atoms with Gasteiger partial charge in [-0.25, -0.2) is 8.42 Å². The van der Waals surface area contributed by atoms with Crippen LogP contribution in [0.2, 0.25) is 0 Å². The van der Waals surface area contributed by atoms with Gasteiger partial charge in [-0.05, 0) is 17.7 Å². The molecule has 1 heterocycles. The molecule has 0 saturated carbocycles. The number of amides is 1. The van der Waals surface area contributed by atoms with Gasteiger partial charge in [0, 0.05) is 24.1 Å². The van der Waals surface area contributed by atoms with Crippen molar-refractivity contribution >= 4 is 27.1 Å². The van der Waals surface area contributed by atoms with E-state index in [2.05, 4.69) is 10.4 Å². The van der Waals surface area contributed by atoms with Crippen LogP contribution in [0.1, 0.15) is 15.9 Å². The molecule has 3 aromatic rings. The van der Waals surface area contributed by atoms with Gasteiger partial charge in [0.2, 0.25) is 0 Å². The second kappa shape index (κ2) is 7.61. The zero-order chi connectivity index (χ0) is 20.3. The molecule has 0 aliphatic carbocycles. The SMILES string of the molecule is CS(=O)(=O)c1ccc(C(=O)Nc2cnn(Cc3ccccc3)c2)cc1[N+](=O)[O-]. The average molecular weight is 400 g/mol. The van der Waals surface area contributed by atoms with Gasteiger partial charge in [-0.2, -0.15) is 5.10 Å². The molecule has 0 fully saturated rings. The highest BCUT2D eigenvalue weighted by Gasteiger charge is 2.24. The largest absolute Gasteiger partial charge is 0.319 e. The van der Waals surface area contributed by atoms with Crippen molar-refractivity contribution in [3.05, 3.63) is 82.2 Å². The molecule has 1 amide bonds. The van der Waals surface area contributed by atoms with Crippen molar-refractivity contribution in [2.45, 2.75) is 11.4 Å². The number of carbonyl (C=O) groups is 1. The maximum Gasteiger partial charge on any atom is 0.288 e. The summed E-state index contributed by atoms with van der Waals surface area (Å²) in [4.78, 5) is 22.3. The number of hydrogen-bond acceptors (Lipinski definition) is 6. The molecule has 0 spiro atoms. The molecule has 1 N–H and O–H groups in total. The summed E-state index contributed by atoms with van der Waals surface area (Å²) in [6, 6.07) is 12.9. The van der Waals surface area contributed by atoms with Gasteiger partial charge in [0.1, 0.15) is 4.90 Å². The summed E-state index contributed by atoms with van der Waals surface area (Å²) in [5.74, 6) is -0.609. The van der Waals surface area contributed by atoms with Crippen molar-refractivity contribution in [2.75, 3.05) is 11.6 Å². The van der Waals surface area contributed by atoms with Gasteiger partial charge in [-0.15, -0.1) is 0 Å². The number of hydrogen-bond donors (Lipinski definition) is 1. The van der Waals surface area contributed by atoms with Crippen molar-refractivity contribution in [1.82, 2.24) is 9.78 Å². The molecule has 9 nitrogen and oxygen atoms in total. The van der Waals surface area contributed by atoms with E-state index in [0.29, 0.717) is 12.2 Å². The number of nitro benzene ring substituents is 1. The van der Waals surface area contributed by atoms with Gasteiger partial charge in [-0.3, -0.25) is 19.6 Å². The fourth-order valence-electron chi connectivity index (χ4n) is 2.60. The Morgan fingerprint density at radius 1 is 1.21 bits per heavy atom. The number of rotatable bonds is 6. The quantitative estimate of drug-likeness (QED) is 0.501. The van der Waals surface area contributed by atoms with Gasteiger partial charge in [0.15, 0.2) is 9.84 Å². The van der Waals surface area contributed by atoms with Crippen LogP contribution in [0.5, 0.6) is 0 Å². The van der Waals surface area contributed by atoms with E-state index in [1.165, 1.54) is 12.3 Å². The Bertz CT molecular complexity index is 1140. The standard InChI is InChI=1S/C18H16N4O5S/c1-28(26,27)17-8-7-14(9-16(17)22(24)25)18(23)20-15-10-19-21(12-15)11-13-5-3-2-4-6-13/h2-10,12H,11H2,1H3,(H,20,23). The second-order valence-corrected chi connectivity index (χ2v) is 8.06. The van der Waals surface area contributed by atoms with Crippen LogP contribution >= 0.6 is 0 Å². The Morgan fingerprint density at radius 2 is 1.93 bits per heavy atom. The molecule has 0 radical (unpaired) electrons. The van der Waals surface area contributed by atoms with Gasteiger partial charge in [0.05, 0.1) is 23.4 Å². The van der Waals surface area contributed by atoms with Crippen molar-refractivity contribution in [3.8, 4) is 0 Å². The molecular formula is C18H16N4O5S. The minimum Gasteiger partial charge on any atom is -0.319 e. The Balaban J connectivity index is 1.78. The van der Waals surface area contributed by atoms with Crippen LogP contribution in [-0.2, 0) is 16.4 Å². The second-order valence-electron chi connectivity index (χ2n) is 6.08. The predicted octanol–water partition coefficient (Wildman–Crippen LogP) is 2.50. The van der Waals surface area contributed by atoms with Gasteiger partial charge < -0.3 is 5.32 Å². The van der Waals surface area contributed by atoms with Crippen LogP contribution in [0, 0.1) is 10.1 Å². The third kappa shape index (κ3) is 4.41. The predicted molar refractivity (Wildman–Crippen MR) is 102 cm³/mol. The van der Waals surface area contributed by atoms with Crippen molar-refractivity contribution in [1.29, 1.82) is 0 Å². The lowest BCUT2D eigenvalue weighted by molar-refractivity contribution is -0.387. The third-order valence-electron chi connectivity index (χ3n) is 3.90. The fourth-order valence-corrected chi connectivity index (χ4v) is 3.43. The highest BCUT2D eigenvalue weighted by atomic mass is 32.2. The number of nitrogens with zero attached hydrogens (tertiary/aromatic N) is 3. The maximum absolute atomic E-state index is 12.4. The van der Waals surface area contributed by atoms with Gasteiger partial charge in [-0.1, -0.05) is 30.3 Å². The van der Waals surface area contributed by atoms with E-state index in [1.54, 1.807) is 10.9 Å². The molecule has 2 aromatic carbocycles. The molecular weight excluding hydrogens is 384 g/mol. The van der Waals surface area contributed by atoms with Crippen LogP contribution in [0.3, 0.4) is 0 Å². The molecule has 0 unspecified atom stereocenters. The van der Waals surface area contributed by atoms with Crippen LogP contribution in [-0.4, -0.2) is 35.3 Å².